The summed E-state index contributed by atoms with van der Waals surface area (Å²) in [4.78, 5) is 0. The Morgan fingerprint density at radius 2 is 1.76 bits per heavy atom. The largest absolute Gasteiger partial charge is 0.506 e. The number of benzene rings is 3. The first-order valence-electron chi connectivity index (χ1n) is 11.5. The van der Waals surface area contributed by atoms with Gasteiger partial charge in [0.05, 0.1) is 25.2 Å². The molecule has 0 bridgehead atoms. The zero-order valence-corrected chi connectivity index (χ0v) is 22.3. The standard InChI is InChI=1S/C26H29ClF2N2O6S/c1-36-25-14-18(8-10-24(25)37-26(28)29)21(13-17-5-3-4-6-20(17)27)30-15-19(32)11-16-7-9-23(33)22(12-16)31-38(2,34)35/h3-10,12,14,19,21,26,30-33H,11,13,15H2,1-2H3/t19-,21+/m0/s1. The summed E-state index contributed by atoms with van der Waals surface area (Å²) in [6.45, 7) is -2.88. The smallest absolute Gasteiger partial charge is 0.387 e. The minimum Gasteiger partial charge on any atom is -0.506 e. The fourth-order valence-corrected chi connectivity index (χ4v) is 4.68. The number of aliphatic hydroxyl groups excluding tert-OH is 1. The number of aliphatic hydroxyl groups is 1. The normalized spacial score (nSPS) is 13.2. The number of ether oxygens (including phenoxy) is 2. The molecule has 0 saturated heterocycles. The van der Waals surface area contributed by atoms with Crippen LogP contribution in [-0.2, 0) is 22.9 Å². The topological polar surface area (TPSA) is 117 Å². The van der Waals surface area contributed by atoms with E-state index < -0.39 is 22.7 Å². The Hall–Kier alpha value is -3.12. The van der Waals surface area contributed by atoms with Crippen LogP contribution >= 0.6 is 11.6 Å². The van der Waals surface area contributed by atoms with Crippen LogP contribution in [0.4, 0.5) is 14.5 Å². The van der Waals surface area contributed by atoms with Crippen molar-refractivity contribution in [1.82, 2.24) is 5.32 Å². The fourth-order valence-electron chi connectivity index (χ4n) is 3.90. The summed E-state index contributed by atoms with van der Waals surface area (Å²) in [5.41, 5.74) is 2.14. The van der Waals surface area contributed by atoms with E-state index >= 15 is 0 Å². The molecule has 0 fully saturated rings. The van der Waals surface area contributed by atoms with E-state index in [1.165, 1.54) is 25.3 Å². The monoisotopic (exact) mass is 570 g/mol. The van der Waals surface area contributed by atoms with Gasteiger partial charge in [-0.3, -0.25) is 4.72 Å². The number of methoxy groups -OCH3 is 1. The van der Waals surface area contributed by atoms with Gasteiger partial charge in [0, 0.05) is 17.6 Å². The number of hydrogen-bond acceptors (Lipinski definition) is 7. The average Bonchev–Trinajstić information content (AvgIpc) is 2.84. The molecule has 0 radical (unpaired) electrons. The Morgan fingerprint density at radius 3 is 2.42 bits per heavy atom. The van der Waals surface area contributed by atoms with E-state index in [1.807, 2.05) is 18.2 Å². The molecule has 0 aliphatic rings. The predicted molar refractivity (Wildman–Crippen MR) is 142 cm³/mol. The number of rotatable bonds is 13. The molecule has 0 spiro atoms. The van der Waals surface area contributed by atoms with E-state index in [-0.39, 0.29) is 41.9 Å². The van der Waals surface area contributed by atoms with Crippen LogP contribution in [-0.4, -0.2) is 51.3 Å². The number of phenols is 1. The SMILES string of the molecule is COc1cc([C@@H](Cc2ccccc2Cl)NC[C@@H](O)Cc2ccc(O)c(NS(C)(=O)=O)c2)ccc1OC(F)F. The summed E-state index contributed by atoms with van der Waals surface area (Å²) < 4.78 is 60.6. The summed E-state index contributed by atoms with van der Waals surface area (Å²) in [6, 6.07) is 15.9. The number of sulfonamides is 1. The molecule has 0 aromatic heterocycles. The van der Waals surface area contributed by atoms with E-state index in [1.54, 1.807) is 24.3 Å². The maximum Gasteiger partial charge on any atom is 0.387 e. The molecule has 2 atom stereocenters. The van der Waals surface area contributed by atoms with E-state index in [0.29, 0.717) is 22.6 Å². The van der Waals surface area contributed by atoms with Gasteiger partial charge in [0.25, 0.3) is 0 Å². The number of nitrogens with one attached hydrogen (secondary N) is 2. The Morgan fingerprint density at radius 1 is 1.03 bits per heavy atom. The lowest BCUT2D eigenvalue weighted by Crippen LogP contribution is -2.32. The third-order valence-corrected chi connectivity index (χ3v) is 6.57. The van der Waals surface area contributed by atoms with Crippen LogP contribution in [0.25, 0.3) is 0 Å². The second-order valence-electron chi connectivity index (χ2n) is 8.63. The van der Waals surface area contributed by atoms with Crippen molar-refractivity contribution >= 4 is 27.3 Å². The van der Waals surface area contributed by atoms with E-state index in [9.17, 15) is 27.4 Å². The number of aromatic hydroxyl groups is 1. The second kappa shape index (κ2) is 13.1. The number of anilines is 1. The molecule has 0 heterocycles. The highest BCUT2D eigenvalue weighted by molar-refractivity contribution is 7.92. The summed E-state index contributed by atoms with van der Waals surface area (Å²) >= 11 is 6.37. The number of alkyl halides is 2. The molecular formula is C26H29ClF2N2O6S. The van der Waals surface area contributed by atoms with Crippen LogP contribution in [0.2, 0.25) is 5.02 Å². The molecule has 0 saturated carbocycles. The highest BCUT2D eigenvalue weighted by atomic mass is 35.5. The summed E-state index contributed by atoms with van der Waals surface area (Å²) in [5, 5.41) is 24.5. The molecule has 0 aliphatic carbocycles. The lowest BCUT2D eigenvalue weighted by atomic mass is 9.97. The van der Waals surface area contributed by atoms with Crippen molar-refractivity contribution in [2.75, 3.05) is 24.6 Å². The summed E-state index contributed by atoms with van der Waals surface area (Å²) in [7, 11) is -2.25. The molecule has 38 heavy (non-hydrogen) atoms. The molecule has 12 heteroatoms. The molecule has 206 valence electrons. The lowest BCUT2D eigenvalue weighted by Gasteiger charge is -2.23. The van der Waals surface area contributed by atoms with Gasteiger partial charge in [-0.15, -0.1) is 0 Å². The van der Waals surface area contributed by atoms with Crippen LogP contribution in [0.1, 0.15) is 22.7 Å². The van der Waals surface area contributed by atoms with Gasteiger partial charge < -0.3 is 25.0 Å². The third-order valence-electron chi connectivity index (χ3n) is 5.62. The van der Waals surface area contributed by atoms with Crippen molar-refractivity contribution in [3.63, 3.8) is 0 Å². The summed E-state index contributed by atoms with van der Waals surface area (Å²) in [6.07, 6.45) is 0.669. The third kappa shape index (κ3) is 8.73. The Labute approximate surface area is 225 Å². The molecular weight excluding hydrogens is 542 g/mol. The quantitative estimate of drug-likeness (QED) is 0.223. The highest BCUT2D eigenvalue weighted by Crippen LogP contribution is 2.33. The molecule has 8 nitrogen and oxygen atoms in total. The molecule has 4 N–H and O–H groups in total. The highest BCUT2D eigenvalue weighted by Gasteiger charge is 2.19. The van der Waals surface area contributed by atoms with Crippen LogP contribution < -0.4 is 19.5 Å². The van der Waals surface area contributed by atoms with Gasteiger partial charge in [-0.1, -0.05) is 41.9 Å². The Balaban J connectivity index is 1.79. The molecule has 3 aromatic carbocycles. The van der Waals surface area contributed by atoms with Crippen LogP contribution in [0, 0.1) is 0 Å². The van der Waals surface area contributed by atoms with E-state index in [4.69, 9.17) is 16.3 Å². The number of phenolic OH excluding ortho intramolecular Hbond substituents is 1. The van der Waals surface area contributed by atoms with Crippen molar-refractivity contribution in [3.8, 4) is 17.2 Å². The number of hydrogen-bond donors (Lipinski definition) is 4. The van der Waals surface area contributed by atoms with E-state index in [2.05, 4.69) is 14.8 Å². The average molecular weight is 571 g/mol. The predicted octanol–water partition coefficient (Wildman–Crippen LogP) is 4.50. The lowest BCUT2D eigenvalue weighted by molar-refractivity contribution is -0.0512. The van der Waals surface area contributed by atoms with Crippen LogP contribution in [0.5, 0.6) is 17.2 Å². The van der Waals surface area contributed by atoms with Gasteiger partial charge in [-0.2, -0.15) is 8.78 Å². The van der Waals surface area contributed by atoms with Gasteiger partial charge in [0.15, 0.2) is 11.5 Å². The van der Waals surface area contributed by atoms with Crippen molar-refractivity contribution in [1.29, 1.82) is 0 Å². The number of halogens is 3. The second-order valence-corrected chi connectivity index (χ2v) is 10.8. The van der Waals surface area contributed by atoms with Crippen LogP contribution in [0.15, 0.2) is 60.7 Å². The minimum absolute atomic E-state index is 0.0138. The van der Waals surface area contributed by atoms with Crippen molar-refractivity contribution in [2.45, 2.75) is 31.6 Å². The van der Waals surface area contributed by atoms with E-state index in [0.717, 1.165) is 11.8 Å². The van der Waals surface area contributed by atoms with Gasteiger partial charge >= 0.3 is 6.61 Å². The first-order chi connectivity index (χ1) is 17.9. The molecule has 0 aliphatic heterocycles. The molecule has 0 amide bonds. The fraction of sp³-hybridized carbons (Fsp3) is 0.308. The molecule has 3 aromatic rings. The van der Waals surface area contributed by atoms with Gasteiger partial charge in [-0.25, -0.2) is 8.42 Å². The molecule has 3 rings (SSSR count). The maximum atomic E-state index is 12.8. The maximum absolute atomic E-state index is 12.8. The van der Waals surface area contributed by atoms with Crippen molar-refractivity contribution in [2.24, 2.45) is 0 Å². The zero-order chi connectivity index (χ0) is 27.9. The first kappa shape index (κ1) is 29.4. The van der Waals surface area contributed by atoms with Crippen molar-refractivity contribution in [3.05, 3.63) is 82.4 Å². The minimum atomic E-state index is -3.60. The molecule has 0 unspecified atom stereocenters. The summed E-state index contributed by atoms with van der Waals surface area (Å²) in [5.74, 6) is -0.210. The van der Waals surface area contributed by atoms with Crippen LogP contribution in [0.3, 0.4) is 0 Å². The first-order valence-corrected chi connectivity index (χ1v) is 13.8. The zero-order valence-electron chi connectivity index (χ0n) is 20.7. The van der Waals surface area contributed by atoms with Gasteiger partial charge in [-0.05, 0) is 59.9 Å². The Bertz CT molecular complexity index is 1340. The van der Waals surface area contributed by atoms with Gasteiger partial charge in [0.1, 0.15) is 5.75 Å². The van der Waals surface area contributed by atoms with Crippen molar-refractivity contribution < 1.29 is 36.9 Å². The Kier molecular flexibility index (Phi) is 10.1. The van der Waals surface area contributed by atoms with Gasteiger partial charge in [0.2, 0.25) is 10.0 Å².